The number of aromatic nitrogens is 2. The smallest absolute Gasteiger partial charge is 0.228 e. The Morgan fingerprint density at radius 2 is 2.23 bits per heavy atom. The zero-order valence-corrected chi connectivity index (χ0v) is 11.6. The van der Waals surface area contributed by atoms with Gasteiger partial charge in [-0.2, -0.15) is 5.10 Å². The number of nitrogens with zero attached hydrogens (tertiary/aromatic N) is 5. The average Bonchev–Trinajstić information content (AvgIpc) is 3.12. The zero-order valence-electron chi connectivity index (χ0n) is 11.6. The van der Waals surface area contributed by atoms with Crippen LogP contribution in [0, 0.1) is 11.7 Å². The molecule has 1 N–H and O–H groups in total. The molecule has 0 saturated carbocycles. The fourth-order valence-corrected chi connectivity index (χ4v) is 2.60. The van der Waals surface area contributed by atoms with Crippen molar-refractivity contribution >= 4 is 11.7 Å². The van der Waals surface area contributed by atoms with Gasteiger partial charge in [-0.05, 0) is 29.1 Å². The first-order valence-electron chi connectivity index (χ1n) is 6.79. The highest BCUT2D eigenvalue weighted by atomic mass is 19.1. The number of halogens is 1. The molecule has 0 bridgehead atoms. The van der Waals surface area contributed by atoms with Crippen molar-refractivity contribution in [3.05, 3.63) is 46.7 Å². The molecule has 1 amide bonds. The molecule has 22 heavy (non-hydrogen) atoms. The fourth-order valence-electron chi connectivity index (χ4n) is 2.60. The van der Waals surface area contributed by atoms with Crippen LogP contribution in [-0.2, 0) is 4.79 Å². The van der Waals surface area contributed by atoms with E-state index in [0.717, 1.165) is 11.1 Å². The van der Waals surface area contributed by atoms with Crippen LogP contribution in [0.4, 0.5) is 10.2 Å². The Kier molecular flexibility index (Phi) is 3.76. The lowest BCUT2D eigenvalue weighted by molar-refractivity contribution is -0.117. The van der Waals surface area contributed by atoms with Crippen molar-refractivity contribution in [2.24, 2.45) is 11.0 Å². The summed E-state index contributed by atoms with van der Waals surface area (Å²) in [6.07, 6.45) is 1.94. The van der Waals surface area contributed by atoms with Crippen LogP contribution < -0.4 is 4.90 Å². The van der Waals surface area contributed by atoms with Crippen LogP contribution in [0.2, 0.25) is 0 Å². The van der Waals surface area contributed by atoms with Gasteiger partial charge in [0.1, 0.15) is 11.6 Å². The largest absolute Gasteiger partial charge is 0.296 e. The number of rotatable bonds is 4. The van der Waals surface area contributed by atoms with Gasteiger partial charge in [-0.3, -0.25) is 14.8 Å². The van der Waals surface area contributed by atoms with Gasteiger partial charge in [-0.15, -0.1) is 0 Å². The molecule has 0 radical (unpaired) electrons. The number of carbonyl (C=O) groups excluding carboxylic acids is 1. The number of hydrogen-bond donors (Lipinski definition) is 1. The molecule has 1 aliphatic heterocycles. The van der Waals surface area contributed by atoms with E-state index in [2.05, 4.69) is 20.2 Å². The maximum atomic E-state index is 13.0. The highest BCUT2D eigenvalue weighted by molar-refractivity contribution is 5.98. The van der Waals surface area contributed by atoms with Crippen LogP contribution in [0.25, 0.3) is 21.6 Å². The molecule has 0 spiro atoms. The minimum absolute atomic E-state index is 0.00670. The normalized spacial score (nSPS) is 17.6. The SMILES string of the molecule is [N-]=[N+]=NCC1CC(=O)N(c2[nH]ncc2-c2ccc(F)cc2)C1. The molecule has 1 saturated heterocycles. The van der Waals surface area contributed by atoms with Gasteiger partial charge in [0, 0.05) is 30.0 Å². The van der Waals surface area contributed by atoms with Crippen molar-refractivity contribution in [1.82, 2.24) is 10.2 Å². The molecule has 2 heterocycles. The first-order valence-corrected chi connectivity index (χ1v) is 6.79. The lowest BCUT2D eigenvalue weighted by Gasteiger charge is -2.16. The summed E-state index contributed by atoms with van der Waals surface area (Å²) in [5, 5.41) is 10.3. The summed E-state index contributed by atoms with van der Waals surface area (Å²) in [5.41, 5.74) is 9.88. The van der Waals surface area contributed by atoms with Gasteiger partial charge in [-0.25, -0.2) is 4.39 Å². The van der Waals surface area contributed by atoms with Crippen LogP contribution in [0.3, 0.4) is 0 Å². The number of azide groups is 1. The summed E-state index contributed by atoms with van der Waals surface area (Å²) in [4.78, 5) is 16.5. The molecule has 112 valence electrons. The van der Waals surface area contributed by atoms with Gasteiger partial charge in [0.05, 0.1) is 6.20 Å². The Balaban J connectivity index is 1.87. The maximum Gasteiger partial charge on any atom is 0.228 e. The third-order valence-electron chi connectivity index (χ3n) is 3.65. The third kappa shape index (κ3) is 2.64. The van der Waals surface area contributed by atoms with E-state index >= 15 is 0 Å². The van der Waals surface area contributed by atoms with Gasteiger partial charge >= 0.3 is 0 Å². The van der Waals surface area contributed by atoms with E-state index in [1.165, 1.54) is 12.1 Å². The summed E-state index contributed by atoms with van der Waals surface area (Å²) in [6.45, 7) is 0.757. The van der Waals surface area contributed by atoms with Gasteiger partial charge in [0.25, 0.3) is 0 Å². The van der Waals surface area contributed by atoms with Crippen LogP contribution in [0.15, 0.2) is 35.6 Å². The molecule has 8 heteroatoms. The van der Waals surface area contributed by atoms with E-state index in [1.807, 2.05) is 0 Å². The molecule has 1 fully saturated rings. The predicted molar refractivity (Wildman–Crippen MR) is 78.5 cm³/mol. The molecule has 1 aromatic carbocycles. The molecule has 1 unspecified atom stereocenters. The molecule has 0 aliphatic carbocycles. The summed E-state index contributed by atoms with van der Waals surface area (Å²) >= 11 is 0. The molecule has 2 aromatic rings. The Bertz CT molecular complexity index is 734. The second-order valence-corrected chi connectivity index (χ2v) is 5.13. The molecule has 1 aromatic heterocycles. The van der Waals surface area contributed by atoms with E-state index in [1.54, 1.807) is 23.2 Å². The van der Waals surface area contributed by atoms with Crippen molar-refractivity contribution < 1.29 is 9.18 Å². The second-order valence-electron chi connectivity index (χ2n) is 5.13. The minimum atomic E-state index is -0.319. The monoisotopic (exact) mass is 300 g/mol. The summed E-state index contributed by atoms with van der Waals surface area (Å²) in [5.74, 6) is 0.207. The molecular formula is C14H13FN6O. The fraction of sp³-hybridized carbons (Fsp3) is 0.286. The number of aromatic amines is 1. The zero-order chi connectivity index (χ0) is 15.5. The lowest BCUT2D eigenvalue weighted by Crippen LogP contribution is -2.25. The predicted octanol–water partition coefficient (Wildman–Crippen LogP) is 2.88. The highest BCUT2D eigenvalue weighted by Crippen LogP contribution is 2.32. The lowest BCUT2D eigenvalue weighted by atomic mass is 10.1. The van der Waals surface area contributed by atoms with Crippen molar-refractivity contribution in [3.8, 4) is 11.1 Å². The Hall–Kier alpha value is -2.86. The summed E-state index contributed by atoms with van der Waals surface area (Å²) in [7, 11) is 0. The number of H-pyrrole nitrogens is 1. The molecular weight excluding hydrogens is 287 g/mol. The van der Waals surface area contributed by atoms with E-state index < -0.39 is 0 Å². The van der Waals surface area contributed by atoms with E-state index in [-0.39, 0.29) is 17.6 Å². The standard InChI is InChI=1S/C14H13FN6O/c15-11-3-1-10(2-4-11)12-7-17-19-14(12)21-8-9(5-13(21)22)6-18-20-16/h1-4,7,9H,5-6,8H2,(H,17,19). The first-order chi connectivity index (χ1) is 10.7. The second kappa shape index (κ2) is 5.87. The van der Waals surface area contributed by atoms with Crippen LogP contribution >= 0.6 is 0 Å². The molecule has 7 nitrogen and oxygen atoms in total. The summed E-state index contributed by atoms with van der Waals surface area (Å²) < 4.78 is 13.0. The van der Waals surface area contributed by atoms with Crippen molar-refractivity contribution in [3.63, 3.8) is 0 Å². The van der Waals surface area contributed by atoms with Crippen molar-refractivity contribution in [1.29, 1.82) is 0 Å². The number of benzene rings is 1. The topological polar surface area (TPSA) is 97.8 Å². The van der Waals surface area contributed by atoms with Gasteiger partial charge in [0.15, 0.2) is 0 Å². The Labute approximate surface area is 125 Å². The molecule has 3 rings (SSSR count). The number of amides is 1. The Morgan fingerprint density at radius 3 is 2.95 bits per heavy atom. The van der Waals surface area contributed by atoms with E-state index in [9.17, 15) is 9.18 Å². The number of anilines is 1. The number of carbonyl (C=O) groups is 1. The molecule has 1 atom stereocenters. The van der Waals surface area contributed by atoms with E-state index in [0.29, 0.717) is 25.3 Å². The van der Waals surface area contributed by atoms with Crippen LogP contribution in [-0.4, -0.2) is 29.2 Å². The molecule has 1 aliphatic rings. The number of hydrogen-bond acceptors (Lipinski definition) is 3. The van der Waals surface area contributed by atoms with Crippen LogP contribution in [0.5, 0.6) is 0 Å². The highest BCUT2D eigenvalue weighted by Gasteiger charge is 2.32. The average molecular weight is 300 g/mol. The number of nitrogens with one attached hydrogen (secondary N) is 1. The third-order valence-corrected chi connectivity index (χ3v) is 3.65. The van der Waals surface area contributed by atoms with Gasteiger partial charge in [-0.1, -0.05) is 17.2 Å². The van der Waals surface area contributed by atoms with E-state index in [4.69, 9.17) is 5.53 Å². The van der Waals surface area contributed by atoms with Gasteiger partial charge in [0.2, 0.25) is 5.91 Å². The van der Waals surface area contributed by atoms with Crippen molar-refractivity contribution in [2.75, 3.05) is 18.0 Å². The Morgan fingerprint density at radius 1 is 1.45 bits per heavy atom. The maximum absolute atomic E-state index is 13.0. The van der Waals surface area contributed by atoms with Gasteiger partial charge < -0.3 is 0 Å². The van der Waals surface area contributed by atoms with Crippen LogP contribution in [0.1, 0.15) is 6.42 Å². The summed E-state index contributed by atoms with van der Waals surface area (Å²) in [6, 6.07) is 6.01. The van der Waals surface area contributed by atoms with Crippen molar-refractivity contribution in [2.45, 2.75) is 6.42 Å². The minimum Gasteiger partial charge on any atom is -0.296 e. The first kappa shape index (κ1) is 14.1. The quantitative estimate of drug-likeness (QED) is 0.533.